The van der Waals surface area contributed by atoms with Crippen LogP contribution in [0.25, 0.3) is 17.3 Å². The minimum absolute atomic E-state index is 0.0250. The zero-order valence-electron chi connectivity index (χ0n) is 18.3. The van der Waals surface area contributed by atoms with E-state index < -0.39 is 17.2 Å². The van der Waals surface area contributed by atoms with Gasteiger partial charge in [0, 0.05) is 23.5 Å². The normalized spacial score (nSPS) is 17.5. The molecule has 1 aliphatic rings. The van der Waals surface area contributed by atoms with Crippen LogP contribution in [0.15, 0.2) is 58.6 Å². The number of allylic oxidation sites excluding steroid dienone is 3. The van der Waals surface area contributed by atoms with Gasteiger partial charge in [0.1, 0.15) is 34.9 Å². The van der Waals surface area contributed by atoms with Crippen molar-refractivity contribution < 1.29 is 18.3 Å². The van der Waals surface area contributed by atoms with Gasteiger partial charge in [-0.05, 0) is 56.9 Å². The van der Waals surface area contributed by atoms with Gasteiger partial charge in [-0.3, -0.25) is 4.98 Å². The topological polar surface area (TPSA) is 124 Å². The van der Waals surface area contributed by atoms with Gasteiger partial charge in [0.05, 0.1) is 17.5 Å². The lowest BCUT2D eigenvalue weighted by molar-refractivity contribution is 0.0738. The molecular formula is C24H25F2N5O2. The molecule has 2 aromatic heterocycles. The Balaban J connectivity index is 1.67. The third kappa shape index (κ3) is 4.63. The molecule has 0 saturated heterocycles. The van der Waals surface area contributed by atoms with E-state index in [-0.39, 0.29) is 23.1 Å². The fourth-order valence-corrected chi connectivity index (χ4v) is 3.84. The molecule has 33 heavy (non-hydrogen) atoms. The summed E-state index contributed by atoms with van der Waals surface area (Å²) in [5, 5.41) is 10.1. The predicted octanol–water partition coefficient (Wildman–Crippen LogP) is 4.12. The molecule has 172 valence electrons. The van der Waals surface area contributed by atoms with Crippen molar-refractivity contribution in [1.29, 1.82) is 0 Å². The number of oxazole rings is 1. The predicted molar refractivity (Wildman–Crippen MR) is 119 cm³/mol. The van der Waals surface area contributed by atoms with Crippen molar-refractivity contribution in [1.82, 2.24) is 15.0 Å². The maximum absolute atomic E-state index is 14.1. The van der Waals surface area contributed by atoms with E-state index in [9.17, 15) is 13.9 Å². The zero-order valence-corrected chi connectivity index (χ0v) is 18.3. The molecule has 1 aromatic carbocycles. The Morgan fingerprint density at radius 2 is 1.94 bits per heavy atom. The van der Waals surface area contributed by atoms with Gasteiger partial charge in [-0.15, -0.1) is 0 Å². The third-order valence-corrected chi connectivity index (χ3v) is 5.63. The van der Waals surface area contributed by atoms with E-state index in [4.69, 9.17) is 15.9 Å². The highest BCUT2D eigenvalue weighted by atomic mass is 19.1. The van der Waals surface area contributed by atoms with Crippen LogP contribution in [0.5, 0.6) is 0 Å². The average molecular weight is 453 g/mol. The standard InChI is InChI=1S/C24H25F2N5O2/c1-24(2,32)20-12-33-23(31-20)19-11-29-10-18(30-19)14-6-3-5-13(22(14)28)9-17(27)21-15(25)7-4-8-16(21)26/h4,7-12,14,32H,3,5-6,27-28H2,1-2H3/b17-9-. The molecule has 0 bridgehead atoms. The highest BCUT2D eigenvalue weighted by molar-refractivity contribution is 5.67. The van der Waals surface area contributed by atoms with E-state index in [1.54, 1.807) is 20.0 Å². The van der Waals surface area contributed by atoms with Crippen molar-refractivity contribution >= 4 is 5.70 Å². The second-order valence-electron chi connectivity index (χ2n) is 8.55. The molecule has 0 radical (unpaired) electrons. The van der Waals surface area contributed by atoms with Crippen molar-refractivity contribution in [2.75, 3.05) is 0 Å². The smallest absolute Gasteiger partial charge is 0.247 e. The van der Waals surface area contributed by atoms with E-state index >= 15 is 0 Å². The van der Waals surface area contributed by atoms with Crippen molar-refractivity contribution in [3.63, 3.8) is 0 Å². The molecule has 2 heterocycles. The minimum Gasteiger partial charge on any atom is -0.443 e. The first-order valence-corrected chi connectivity index (χ1v) is 10.6. The fraction of sp³-hybridized carbons (Fsp3) is 0.292. The molecule has 1 aliphatic carbocycles. The summed E-state index contributed by atoms with van der Waals surface area (Å²) in [6.45, 7) is 3.22. The van der Waals surface area contributed by atoms with E-state index in [2.05, 4.69) is 15.0 Å². The number of nitrogens with zero attached hydrogens (tertiary/aromatic N) is 3. The molecule has 1 unspecified atom stereocenters. The molecule has 1 atom stereocenters. The van der Waals surface area contributed by atoms with Crippen molar-refractivity contribution in [2.45, 2.75) is 44.6 Å². The molecule has 0 amide bonds. The summed E-state index contributed by atoms with van der Waals surface area (Å²) in [6.07, 6.45) is 8.20. The van der Waals surface area contributed by atoms with Crippen molar-refractivity contribution in [3.8, 4) is 11.6 Å². The van der Waals surface area contributed by atoms with Crippen LogP contribution in [-0.4, -0.2) is 20.1 Å². The number of aromatic nitrogens is 3. The van der Waals surface area contributed by atoms with Crippen LogP contribution < -0.4 is 11.5 Å². The summed E-state index contributed by atoms with van der Waals surface area (Å²) >= 11 is 0. The van der Waals surface area contributed by atoms with Crippen LogP contribution in [0.4, 0.5) is 8.78 Å². The Morgan fingerprint density at radius 3 is 2.61 bits per heavy atom. The Bertz CT molecular complexity index is 1220. The van der Waals surface area contributed by atoms with Crippen molar-refractivity contribution in [3.05, 3.63) is 82.8 Å². The average Bonchev–Trinajstić information content (AvgIpc) is 3.26. The monoisotopic (exact) mass is 453 g/mol. The van der Waals surface area contributed by atoms with Crippen LogP contribution in [-0.2, 0) is 5.60 Å². The van der Waals surface area contributed by atoms with Gasteiger partial charge in [0.15, 0.2) is 0 Å². The van der Waals surface area contributed by atoms with E-state index in [1.165, 1.54) is 24.6 Å². The summed E-state index contributed by atoms with van der Waals surface area (Å²) in [7, 11) is 0. The zero-order chi connectivity index (χ0) is 23.8. The fourth-order valence-electron chi connectivity index (χ4n) is 3.84. The number of halogens is 2. The lowest BCUT2D eigenvalue weighted by Crippen LogP contribution is -2.19. The molecule has 7 nitrogen and oxygen atoms in total. The molecule has 5 N–H and O–H groups in total. The Hall–Kier alpha value is -3.59. The lowest BCUT2D eigenvalue weighted by Gasteiger charge is -2.25. The number of nitrogens with two attached hydrogens (primary N) is 2. The molecular weight excluding hydrogens is 428 g/mol. The summed E-state index contributed by atoms with van der Waals surface area (Å²) < 4.78 is 33.7. The maximum Gasteiger partial charge on any atom is 0.247 e. The van der Waals surface area contributed by atoms with Gasteiger partial charge in [-0.2, -0.15) is 0 Å². The van der Waals surface area contributed by atoms with Crippen LogP contribution >= 0.6 is 0 Å². The number of rotatable bonds is 5. The number of benzene rings is 1. The maximum atomic E-state index is 14.1. The van der Waals surface area contributed by atoms with Gasteiger partial charge in [0.25, 0.3) is 0 Å². The van der Waals surface area contributed by atoms with Crippen LogP contribution in [0, 0.1) is 11.6 Å². The van der Waals surface area contributed by atoms with Crippen LogP contribution in [0.2, 0.25) is 0 Å². The first-order chi connectivity index (χ1) is 15.6. The summed E-state index contributed by atoms with van der Waals surface area (Å²) in [4.78, 5) is 13.2. The van der Waals surface area contributed by atoms with E-state index in [0.717, 1.165) is 25.0 Å². The van der Waals surface area contributed by atoms with Gasteiger partial charge in [0.2, 0.25) is 5.89 Å². The molecule has 0 fully saturated rings. The van der Waals surface area contributed by atoms with Gasteiger partial charge < -0.3 is 21.0 Å². The third-order valence-electron chi connectivity index (χ3n) is 5.63. The Morgan fingerprint density at radius 1 is 1.21 bits per heavy atom. The van der Waals surface area contributed by atoms with Crippen LogP contribution in [0.3, 0.4) is 0 Å². The number of hydrogen-bond acceptors (Lipinski definition) is 7. The first kappa shape index (κ1) is 22.6. The number of hydrogen-bond donors (Lipinski definition) is 3. The summed E-state index contributed by atoms with van der Waals surface area (Å²) in [5.41, 5.74) is 13.7. The second kappa shape index (κ2) is 8.74. The van der Waals surface area contributed by atoms with E-state index in [1.807, 2.05) is 0 Å². The molecule has 4 rings (SSSR count). The highest BCUT2D eigenvalue weighted by Gasteiger charge is 2.26. The SMILES string of the molecule is CC(C)(O)c1coc(-c2cncc(C3CCCC(/C=C(\N)c4c(F)cccc4F)=C3N)n2)n1. The molecule has 0 aliphatic heterocycles. The van der Waals surface area contributed by atoms with Gasteiger partial charge in [-0.25, -0.2) is 18.7 Å². The Kier molecular flexibility index (Phi) is 5.99. The summed E-state index contributed by atoms with van der Waals surface area (Å²) in [6, 6.07) is 3.61. The van der Waals surface area contributed by atoms with Crippen molar-refractivity contribution in [2.24, 2.45) is 11.5 Å². The van der Waals surface area contributed by atoms with Gasteiger partial charge >= 0.3 is 0 Å². The summed E-state index contributed by atoms with van der Waals surface area (Å²) in [5.74, 6) is -1.48. The largest absolute Gasteiger partial charge is 0.443 e. The quantitative estimate of drug-likeness (QED) is 0.531. The minimum atomic E-state index is -1.15. The highest BCUT2D eigenvalue weighted by Crippen LogP contribution is 2.36. The first-order valence-electron chi connectivity index (χ1n) is 10.6. The van der Waals surface area contributed by atoms with Crippen LogP contribution in [0.1, 0.15) is 56.0 Å². The molecule has 9 heteroatoms. The lowest BCUT2D eigenvalue weighted by atomic mass is 9.84. The van der Waals surface area contributed by atoms with Gasteiger partial charge in [-0.1, -0.05) is 6.07 Å². The molecule has 0 spiro atoms. The molecule has 0 saturated carbocycles. The Labute approximate surface area is 189 Å². The molecule has 3 aromatic rings. The number of aliphatic hydroxyl groups is 1. The second-order valence-corrected chi connectivity index (χ2v) is 8.55. The van der Waals surface area contributed by atoms with E-state index in [0.29, 0.717) is 34.8 Å².